The van der Waals surface area contributed by atoms with Crippen LogP contribution in [0.15, 0.2) is 18.2 Å². The number of amides is 1. The van der Waals surface area contributed by atoms with Crippen molar-refractivity contribution in [1.29, 1.82) is 0 Å². The van der Waals surface area contributed by atoms with Crippen LogP contribution in [0.1, 0.15) is 28.8 Å². The second-order valence-corrected chi connectivity index (χ2v) is 4.73. The van der Waals surface area contributed by atoms with Crippen LogP contribution in [0.25, 0.3) is 0 Å². The maximum absolute atomic E-state index is 13.1. The summed E-state index contributed by atoms with van der Waals surface area (Å²) in [6, 6.07) is 4.69. The van der Waals surface area contributed by atoms with Gasteiger partial charge in [0.05, 0.1) is 0 Å². The normalized spacial score (nSPS) is 22.6. The molecule has 2 aliphatic heterocycles. The maximum Gasteiger partial charge on any atom is 0.254 e. The number of nitrogens with zero attached hydrogens (tertiary/aromatic N) is 1. The van der Waals surface area contributed by atoms with Gasteiger partial charge < -0.3 is 10.2 Å². The van der Waals surface area contributed by atoms with Gasteiger partial charge in [-0.3, -0.25) is 4.79 Å². The Hall–Kier alpha value is -1.13. The number of carbonyl (C=O) groups excluding carboxylic acids is 1. The summed E-state index contributed by atoms with van der Waals surface area (Å²) in [6.07, 6.45) is 2.13. The summed E-state index contributed by atoms with van der Waals surface area (Å²) in [5.41, 5.74) is 1.48. The van der Waals surface area contributed by atoms with Gasteiger partial charge in [-0.05, 0) is 43.1 Å². The Kier molecular flexibility index (Phi) is 3.88. The van der Waals surface area contributed by atoms with Crippen LogP contribution in [0.4, 0.5) is 4.39 Å². The molecule has 3 rings (SSSR count). The predicted molar refractivity (Wildman–Crippen MR) is 69.4 cm³/mol. The van der Waals surface area contributed by atoms with Crippen LogP contribution in [0, 0.1) is 5.82 Å². The van der Waals surface area contributed by atoms with Gasteiger partial charge in [-0.2, -0.15) is 0 Å². The highest BCUT2D eigenvalue weighted by atomic mass is 35.5. The lowest BCUT2D eigenvalue weighted by Gasteiger charge is -2.31. The molecule has 98 valence electrons. The second-order valence-electron chi connectivity index (χ2n) is 4.73. The van der Waals surface area contributed by atoms with Gasteiger partial charge in [0.25, 0.3) is 5.91 Å². The summed E-state index contributed by atoms with van der Waals surface area (Å²) in [5, 5.41) is 3.30. The number of piperidine rings is 1. The number of benzene rings is 1. The first-order chi connectivity index (χ1) is 8.25. The minimum Gasteiger partial charge on any atom is -0.330 e. The summed E-state index contributed by atoms with van der Waals surface area (Å²) in [5.74, 6) is -0.214. The predicted octanol–water partition coefficient (Wildman–Crippen LogP) is 1.96. The molecule has 0 unspecified atom stereocenters. The summed E-state index contributed by atoms with van der Waals surface area (Å²) >= 11 is 0. The molecule has 1 atom stereocenters. The topological polar surface area (TPSA) is 32.3 Å². The smallest absolute Gasteiger partial charge is 0.254 e. The molecule has 5 heteroatoms. The van der Waals surface area contributed by atoms with Crippen LogP contribution < -0.4 is 5.32 Å². The zero-order valence-electron chi connectivity index (χ0n) is 9.99. The largest absolute Gasteiger partial charge is 0.330 e. The Balaban J connectivity index is 0.00000120. The number of carbonyl (C=O) groups is 1. The number of nitrogens with one attached hydrogen (secondary N) is 1. The Bertz CT molecular complexity index is 460. The van der Waals surface area contributed by atoms with Crippen molar-refractivity contribution in [3.63, 3.8) is 0 Å². The standard InChI is InChI=1S/C13H15FN2O.ClH/c14-10-3-4-12-9(6-10)8-16(13(12)17)11-2-1-5-15-7-11;/h3-4,6,11,15H,1-2,5,7-8H2;1H/t11-;/m1./s1. The third kappa shape index (κ3) is 2.22. The first-order valence-electron chi connectivity index (χ1n) is 6.06. The lowest BCUT2D eigenvalue weighted by Crippen LogP contribution is -2.46. The minimum atomic E-state index is -0.264. The van der Waals surface area contributed by atoms with Gasteiger partial charge in [0, 0.05) is 24.7 Å². The molecule has 3 nitrogen and oxygen atoms in total. The van der Waals surface area contributed by atoms with E-state index in [-0.39, 0.29) is 30.2 Å². The summed E-state index contributed by atoms with van der Waals surface area (Å²) in [4.78, 5) is 14.1. The van der Waals surface area contributed by atoms with Crippen molar-refractivity contribution in [1.82, 2.24) is 10.2 Å². The molecule has 1 N–H and O–H groups in total. The van der Waals surface area contributed by atoms with E-state index in [1.54, 1.807) is 6.07 Å². The molecule has 1 aromatic carbocycles. The SMILES string of the molecule is Cl.O=C1c2ccc(F)cc2CN1[C@@H]1CCCNC1. The van der Waals surface area contributed by atoms with Crippen molar-refractivity contribution in [2.45, 2.75) is 25.4 Å². The summed E-state index contributed by atoms with van der Waals surface area (Å²) in [7, 11) is 0. The van der Waals surface area contributed by atoms with Crippen molar-refractivity contribution >= 4 is 18.3 Å². The number of hydrogen-bond donors (Lipinski definition) is 1. The quantitative estimate of drug-likeness (QED) is 0.846. The molecular weight excluding hydrogens is 255 g/mol. The van der Waals surface area contributed by atoms with Crippen molar-refractivity contribution in [2.75, 3.05) is 13.1 Å². The molecule has 0 radical (unpaired) electrons. The molecule has 1 aromatic rings. The van der Waals surface area contributed by atoms with E-state index in [0.29, 0.717) is 12.1 Å². The van der Waals surface area contributed by atoms with Gasteiger partial charge in [0.15, 0.2) is 0 Å². The van der Waals surface area contributed by atoms with E-state index in [1.807, 2.05) is 4.90 Å². The molecule has 1 saturated heterocycles. The number of halogens is 2. The average molecular weight is 271 g/mol. The molecule has 0 saturated carbocycles. The lowest BCUT2D eigenvalue weighted by atomic mass is 10.1. The van der Waals surface area contributed by atoms with E-state index in [2.05, 4.69) is 5.32 Å². The van der Waals surface area contributed by atoms with E-state index in [4.69, 9.17) is 0 Å². The molecule has 1 fully saturated rings. The number of rotatable bonds is 1. The Morgan fingerprint density at radius 2 is 2.22 bits per heavy atom. The fourth-order valence-corrected chi connectivity index (χ4v) is 2.71. The Labute approximate surface area is 112 Å². The molecule has 0 aliphatic carbocycles. The molecule has 2 aliphatic rings. The van der Waals surface area contributed by atoms with Crippen LogP contribution in [0.2, 0.25) is 0 Å². The average Bonchev–Trinajstić information content (AvgIpc) is 2.67. The highest BCUT2D eigenvalue weighted by Crippen LogP contribution is 2.27. The molecule has 1 amide bonds. The monoisotopic (exact) mass is 270 g/mol. The van der Waals surface area contributed by atoms with Gasteiger partial charge in [-0.15, -0.1) is 12.4 Å². The Morgan fingerprint density at radius 3 is 2.94 bits per heavy atom. The molecule has 0 bridgehead atoms. The van der Waals surface area contributed by atoms with E-state index in [9.17, 15) is 9.18 Å². The molecule has 18 heavy (non-hydrogen) atoms. The number of hydrogen-bond acceptors (Lipinski definition) is 2. The van der Waals surface area contributed by atoms with Crippen LogP contribution in [0.5, 0.6) is 0 Å². The van der Waals surface area contributed by atoms with Gasteiger partial charge in [0.2, 0.25) is 0 Å². The van der Waals surface area contributed by atoms with Gasteiger partial charge in [-0.25, -0.2) is 4.39 Å². The highest BCUT2D eigenvalue weighted by Gasteiger charge is 2.33. The van der Waals surface area contributed by atoms with Crippen LogP contribution in [0.3, 0.4) is 0 Å². The van der Waals surface area contributed by atoms with Gasteiger partial charge in [-0.1, -0.05) is 0 Å². The fourth-order valence-electron chi connectivity index (χ4n) is 2.71. The fraction of sp³-hybridized carbons (Fsp3) is 0.462. The summed E-state index contributed by atoms with van der Waals surface area (Å²) < 4.78 is 13.1. The number of fused-ring (bicyclic) bond motifs is 1. The minimum absolute atomic E-state index is 0. The van der Waals surface area contributed by atoms with Gasteiger partial charge in [0.1, 0.15) is 5.82 Å². The van der Waals surface area contributed by atoms with E-state index < -0.39 is 0 Å². The van der Waals surface area contributed by atoms with Crippen LogP contribution >= 0.6 is 12.4 Å². The van der Waals surface area contributed by atoms with Crippen molar-refractivity contribution in [3.05, 3.63) is 35.1 Å². The first kappa shape index (κ1) is 13.3. The summed E-state index contributed by atoms with van der Waals surface area (Å²) in [6.45, 7) is 2.43. The van der Waals surface area contributed by atoms with Crippen LogP contribution in [-0.2, 0) is 6.54 Å². The zero-order valence-corrected chi connectivity index (χ0v) is 10.8. The first-order valence-corrected chi connectivity index (χ1v) is 6.06. The van der Waals surface area contributed by atoms with Crippen LogP contribution in [-0.4, -0.2) is 29.9 Å². The molecule has 0 spiro atoms. The molecule has 0 aromatic heterocycles. The second kappa shape index (κ2) is 5.24. The highest BCUT2D eigenvalue weighted by molar-refractivity contribution is 5.98. The van der Waals surface area contributed by atoms with E-state index >= 15 is 0 Å². The third-order valence-corrected chi connectivity index (χ3v) is 3.61. The van der Waals surface area contributed by atoms with E-state index in [1.165, 1.54) is 12.1 Å². The third-order valence-electron chi connectivity index (χ3n) is 3.61. The van der Waals surface area contributed by atoms with Crippen molar-refractivity contribution in [3.8, 4) is 0 Å². The van der Waals surface area contributed by atoms with Gasteiger partial charge >= 0.3 is 0 Å². The maximum atomic E-state index is 13.1. The van der Waals surface area contributed by atoms with Crippen molar-refractivity contribution in [2.24, 2.45) is 0 Å². The van der Waals surface area contributed by atoms with E-state index in [0.717, 1.165) is 31.5 Å². The molecular formula is C13H16ClFN2O. The van der Waals surface area contributed by atoms with Crippen molar-refractivity contribution < 1.29 is 9.18 Å². The molecule has 2 heterocycles. The lowest BCUT2D eigenvalue weighted by molar-refractivity contribution is 0.0674. The zero-order chi connectivity index (χ0) is 11.8. The Morgan fingerprint density at radius 1 is 1.39 bits per heavy atom.